The maximum atomic E-state index is 12.3. The molecule has 1 heterocycles. The van der Waals surface area contributed by atoms with Gasteiger partial charge in [-0.3, -0.25) is 0 Å². The number of likely N-dealkylation sites (tertiary alicyclic amines) is 1. The quantitative estimate of drug-likeness (QED) is 0.474. The predicted molar refractivity (Wildman–Crippen MR) is 105 cm³/mol. The lowest BCUT2D eigenvalue weighted by molar-refractivity contribution is 0.0169. The number of ether oxygens (including phenoxy) is 2. The number of rotatable bonds is 10. The highest BCUT2D eigenvalue weighted by Gasteiger charge is 2.21. The molecule has 1 fully saturated rings. The fourth-order valence-corrected chi connectivity index (χ4v) is 2.84. The van der Waals surface area contributed by atoms with E-state index in [1.165, 1.54) is 0 Å². The maximum Gasteiger partial charge on any atom is 0.410 e. The Bertz CT molecular complexity index is 435. The van der Waals surface area contributed by atoms with Crippen LogP contribution in [0.2, 0.25) is 0 Å². The summed E-state index contributed by atoms with van der Waals surface area (Å²) in [5, 5.41) is 0. The largest absolute Gasteiger partial charge is 0.444 e. The van der Waals surface area contributed by atoms with Gasteiger partial charge in [-0.25, -0.2) is 4.79 Å². The fourth-order valence-electron chi connectivity index (χ4n) is 2.84. The number of terminal acetylenes is 1. The van der Waals surface area contributed by atoms with Crippen LogP contribution in [-0.2, 0) is 9.47 Å². The lowest BCUT2D eigenvalue weighted by atomic mass is 10.1. The molecule has 1 aliphatic heterocycles. The van der Waals surface area contributed by atoms with Gasteiger partial charge in [0.1, 0.15) is 5.60 Å². The van der Waals surface area contributed by atoms with Gasteiger partial charge in [0.25, 0.3) is 0 Å². The molecule has 0 aliphatic carbocycles. The molecule has 0 bridgehead atoms. The van der Waals surface area contributed by atoms with Crippen LogP contribution in [0.4, 0.5) is 4.79 Å². The van der Waals surface area contributed by atoms with Crippen LogP contribution < -0.4 is 5.73 Å². The molecule has 1 rings (SSSR count). The highest BCUT2D eigenvalue weighted by Crippen LogP contribution is 2.11. The van der Waals surface area contributed by atoms with E-state index in [1.807, 2.05) is 20.8 Å². The number of nitrogens with two attached hydrogens (primary N) is 1. The number of amides is 1. The van der Waals surface area contributed by atoms with E-state index in [9.17, 15) is 4.79 Å². The zero-order valence-electron chi connectivity index (χ0n) is 16.8. The van der Waals surface area contributed by atoms with Crippen LogP contribution in [0.5, 0.6) is 0 Å². The molecule has 2 N–H and O–H groups in total. The van der Waals surface area contributed by atoms with Crippen molar-refractivity contribution in [3.05, 3.63) is 0 Å². The monoisotopic (exact) mass is 367 g/mol. The van der Waals surface area contributed by atoms with Crippen LogP contribution in [0.1, 0.15) is 52.9 Å². The van der Waals surface area contributed by atoms with Crippen LogP contribution >= 0.6 is 0 Å². The van der Waals surface area contributed by atoms with Crippen LogP contribution in [0.3, 0.4) is 0 Å². The molecular weight excluding hydrogens is 330 g/mol. The van der Waals surface area contributed by atoms with Crippen LogP contribution in [-0.4, -0.2) is 73.5 Å². The molecule has 0 unspecified atom stereocenters. The first-order chi connectivity index (χ1) is 12.3. The molecule has 1 saturated heterocycles. The minimum atomic E-state index is -0.501. The third-order valence-electron chi connectivity index (χ3n) is 4.30. The zero-order valence-corrected chi connectivity index (χ0v) is 16.8. The topological polar surface area (TPSA) is 68.0 Å². The summed E-state index contributed by atoms with van der Waals surface area (Å²) in [6.07, 6.45) is 9.59. The van der Waals surface area contributed by atoms with Crippen molar-refractivity contribution in [1.82, 2.24) is 9.80 Å². The molecule has 150 valence electrons. The van der Waals surface area contributed by atoms with Crippen molar-refractivity contribution in [2.45, 2.75) is 64.5 Å². The first-order valence-electron chi connectivity index (χ1n) is 9.79. The van der Waals surface area contributed by atoms with Gasteiger partial charge in [0, 0.05) is 38.7 Å². The van der Waals surface area contributed by atoms with E-state index in [1.54, 1.807) is 4.90 Å². The average molecular weight is 368 g/mol. The van der Waals surface area contributed by atoms with Gasteiger partial charge in [-0.1, -0.05) is 0 Å². The second-order valence-corrected chi connectivity index (χ2v) is 7.92. The van der Waals surface area contributed by atoms with Crippen molar-refractivity contribution in [2.75, 3.05) is 45.9 Å². The minimum Gasteiger partial charge on any atom is -0.444 e. The Labute approximate surface area is 159 Å². The molecule has 6 nitrogen and oxygen atoms in total. The summed E-state index contributed by atoms with van der Waals surface area (Å²) in [5.41, 5.74) is 5.42. The molecule has 1 aliphatic rings. The zero-order chi connectivity index (χ0) is 19.4. The van der Waals surface area contributed by atoms with Gasteiger partial charge in [-0.15, -0.1) is 12.3 Å². The molecule has 26 heavy (non-hydrogen) atoms. The van der Waals surface area contributed by atoms with E-state index in [0.717, 1.165) is 45.3 Å². The van der Waals surface area contributed by atoms with E-state index in [4.69, 9.17) is 21.6 Å². The standard InChI is InChI=1S/C20H37N3O3/c1-5-6-7-12-23(19(24)26-20(2,3)4)15-17-25-16-8-11-22-13-9-18(21)10-14-22/h1,18H,6-17,21H2,2-4H3. The highest BCUT2D eigenvalue weighted by molar-refractivity contribution is 5.68. The Morgan fingerprint density at radius 3 is 2.54 bits per heavy atom. The van der Waals surface area contributed by atoms with E-state index in [0.29, 0.717) is 38.8 Å². The van der Waals surface area contributed by atoms with Crippen molar-refractivity contribution in [3.8, 4) is 12.3 Å². The Hall–Kier alpha value is -1.29. The minimum absolute atomic E-state index is 0.303. The predicted octanol–water partition coefficient (Wildman–Crippen LogP) is 2.47. The van der Waals surface area contributed by atoms with Gasteiger partial charge in [0.05, 0.1) is 6.61 Å². The molecule has 0 aromatic rings. The third-order valence-corrected chi connectivity index (χ3v) is 4.30. The summed E-state index contributed by atoms with van der Waals surface area (Å²) in [5.74, 6) is 2.61. The molecule has 0 spiro atoms. The maximum absolute atomic E-state index is 12.3. The van der Waals surface area contributed by atoms with Crippen molar-refractivity contribution in [1.29, 1.82) is 0 Å². The van der Waals surface area contributed by atoms with Gasteiger partial charge in [0.2, 0.25) is 0 Å². The Kier molecular flexibility index (Phi) is 10.6. The lowest BCUT2D eigenvalue weighted by Gasteiger charge is -2.30. The Balaban J connectivity index is 2.21. The van der Waals surface area contributed by atoms with E-state index >= 15 is 0 Å². The molecule has 0 radical (unpaired) electrons. The highest BCUT2D eigenvalue weighted by atomic mass is 16.6. The van der Waals surface area contributed by atoms with Gasteiger partial charge >= 0.3 is 6.09 Å². The van der Waals surface area contributed by atoms with E-state index < -0.39 is 5.60 Å². The molecular formula is C20H37N3O3. The van der Waals surface area contributed by atoms with Crippen molar-refractivity contribution >= 4 is 6.09 Å². The normalized spacial score (nSPS) is 16.3. The first kappa shape index (κ1) is 22.8. The van der Waals surface area contributed by atoms with Gasteiger partial charge in [-0.05, 0) is 59.5 Å². The van der Waals surface area contributed by atoms with Crippen molar-refractivity contribution in [2.24, 2.45) is 5.73 Å². The second kappa shape index (κ2) is 12.2. The van der Waals surface area contributed by atoms with Crippen LogP contribution in [0, 0.1) is 12.3 Å². The third kappa shape index (κ3) is 10.6. The van der Waals surface area contributed by atoms with Crippen molar-refractivity contribution in [3.63, 3.8) is 0 Å². The van der Waals surface area contributed by atoms with Crippen LogP contribution in [0.15, 0.2) is 0 Å². The smallest absolute Gasteiger partial charge is 0.410 e. The average Bonchev–Trinajstić information content (AvgIpc) is 2.56. The summed E-state index contributed by atoms with van der Waals surface area (Å²) in [6.45, 7) is 11.2. The number of unbranched alkanes of at least 4 members (excludes halogenated alkanes) is 1. The number of hydrogen-bond donors (Lipinski definition) is 1. The Morgan fingerprint density at radius 2 is 1.92 bits per heavy atom. The first-order valence-corrected chi connectivity index (χ1v) is 9.79. The van der Waals surface area contributed by atoms with Gasteiger partial charge in [0.15, 0.2) is 0 Å². The summed E-state index contributed by atoms with van der Waals surface area (Å²) < 4.78 is 11.2. The molecule has 6 heteroatoms. The summed E-state index contributed by atoms with van der Waals surface area (Å²) >= 11 is 0. The molecule has 0 aromatic heterocycles. The van der Waals surface area contributed by atoms with E-state index in [2.05, 4.69) is 10.8 Å². The molecule has 1 amide bonds. The second-order valence-electron chi connectivity index (χ2n) is 7.92. The molecule has 0 aromatic carbocycles. The van der Waals surface area contributed by atoms with Crippen LogP contribution in [0.25, 0.3) is 0 Å². The summed E-state index contributed by atoms with van der Waals surface area (Å²) in [6, 6.07) is 0.371. The summed E-state index contributed by atoms with van der Waals surface area (Å²) in [7, 11) is 0. The number of carbonyl (C=O) groups excluding carboxylic acids is 1. The summed E-state index contributed by atoms with van der Waals surface area (Å²) in [4.78, 5) is 16.4. The van der Waals surface area contributed by atoms with Crippen molar-refractivity contribution < 1.29 is 14.3 Å². The van der Waals surface area contributed by atoms with Gasteiger partial charge < -0.3 is 25.0 Å². The lowest BCUT2D eigenvalue weighted by Crippen LogP contribution is -2.40. The Morgan fingerprint density at radius 1 is 1.23 bits per heavy atom. The fraction of sp³-hybridized carbons (Fsp3) is 0.850. The SMILES string of the molecule is C#CCCCN(CCOCCCN1CCC(N)CC1)C(=O)OC(C)(C)C. The number of carbonyl (C=O) groups is 1. The molecule has 0 saturated carbocycles. The van der Waals surface area contributed by atoms with E-state index in [-0.39, 0.29) is 6.09 Å². The number of piperidine rings is 1. The molecule has 0 atom stereocenters. The number of nitrogens with zero attached hydrogens (tertiary/aromatic N) is 2. The number of hydrogen-bond acceptors (Lipinski definition) is 5. The van der Waals surface area contributed by atoms with Gasteiger partial charge in [-0.2, -0.15) is 0 Å².